The van der Waals surface area contributed by atoms with Crippen LogP contribution in [0.25, 0.3) is 0 Å². The van der Waals surface area contributed by atoms with Gasteiger partial charge in [0.2, 0.25) is 0 Å². The van der Waals surface area contributed by atoms with Crippen molar-refractivity contribution in [3.05, 3.63) is 0 Å². The van der Waals surface area contributed by atoms with Crippen LogP contribution in [-0.2, 0) is 12.8 Å². The molecule has 0 rings (SSSR count). The third-order valence-corrected chi connectivity index (χ3v) is 0.154. The van der Waals surface area contributed by atoms with E-state index in [4.69, 9.17) is 5.53 Å². The van der Waals surface area contributed by atoms with Crippen LogP contribution in [0.3, 0.4) is 0 Å². The van der Waals surface area contributed by atoms with Crippen molar-refractivity contribution in [3.8, 4) is 0 Å². The molecular weight excluding hydrogens is 88.1 g/mol. The average Bonchev–Trinajstić information content (AvgIpc) is 1.41. The molecule has 5 heavy (non-hydrogen) atoms. The molecular formula is HN4S-. The third kappa shape index (κ3) is 3.42. The molecule has 0 unspecified atom stereocenters. The molecule has 0 atom stereocenters. The standard InChI is InChI=1S/H2N4S/c1-2-3-4-5/h(H2,1,3,5)/p-1. The number of nitrogens with zero attached hydrogens (tertiary/aromatic N) is 3. The maximum Gasteiger partial charge on any atom is -0.0339 e. The fourth-order valence-corrected chi connectivity index (χ4v) is 0.0548. The highest BCUT2D eigenvalue weighted by atomic mass is 32.1. The van der Waals surface area contributed by atoms with E-state index in [-0.39, 0.29) is 0 Å². The van der Waals surface area contributed by atoms with Gasteiger partial charge in [-0.2, -0.15) is 5.53 Å². The summed E-state index contributed by atoms with van der Waals surface area (Å²) >= 11 is 3.90. The lowest BCUT2D eigenvalue weighted by molar-refractivity contribution is 0.932. The van der Waals surface area contributed by atoms with Crippen LogP contribution in [-0.4, -0.2) is 0 Å². The molecule has 0 aromatic heterocycles. The van der Waals surface area contributed by atoms with Crippen LogP contribution >= 0.6 is 0 Å². The number of hydrogen-bond acceptors (Lipinski definition) is 3. The molecule has 4 nitrogen and oxygen atoms in total. The molecule has 0 saturated heterocycles. The van der Waals surface area contributed by atoms with Crippen LogP contribution in [0.5, 0.6) is 0 Å². The van der Waals surface area contributed by atoms with Gasteiger partial charge in [-0.3, -0.25) is 0 Å². The molecule has 0 aliphatic carbocycles. The maximum absolute atomic E-state index is 5.90. The molecule has 0 aliphatic rings. The Morgan fingerprint density at radius 3 is 2.20 bits per heavy atom. The maximum atomic E-state index is 5.90. The van der Waals surface area contributed by atoms with Crippen LogP contribution in [0.4, 0.5) is 0 Å². The van der Waals surface area contributed by atoms with Crippen molar-refractivity contribution in [3.63, 3.8) is 0 Å². The Labute approximate surface area is 34.3 Å². The topological polar surface area (TPSA) is 60.9 Å². The van der Waals surface area contributed by atoms with E-state index in [9.17, 15) is 0 Å². The second kappa shape index (κ2) is 3.42. The SMILES string of the molecule is N=N/N=N/[S-]. The Morgan fingerprint density at radius 1 is 1.60 bits per heavy atom. The summed E-state index contributed by atoms with van der Waals surface area (Å²) in [5, 5.41) is 5.16. The van der Waals surface area contributed by atoms with Crippen LogP contribution in [0.2, 0.25) is 0 Å². The molecule has 0 fully saturated rings. The predicted octanol–water partition coefficient (Wildman–Crippen LogP) is 0.846. The normalized spacial score (nSPS) is 8.80. The molecule has 0 saturated carbocycles. The zero-order chi connectivity index (χ0) is 4.12. The Balaban J connectivity index is 2.92. The molecule has 0 spiro atoms. The molecule has 1 N–H and O–H groups in total. The molecule has 0 aromatic rings. The number of hydrogen-bond donors (Lipinski definition) is 1. The van der Waals surface area contributed by atoms with Crippen LogP contribution in [0.15, 0.2) is 15.0 Å². The first-order valence-corrected chi connectivity index (χ1v) is 1.17. The first kappa shape index (κ1) is 4.42. The Morgan fingerprint density at radius 2 is 2.20 bits per heavy atom. The van der Waals surface area contributed by atoms with Gasteiger partial charge in [-0.05, 0) is 5.22 Å². The monoisotopic (exact) mass is 89.0 g/mol. The summed E-state index contributed by atoms with van der Waals surface area (Å²) in [7, 11) is 0. The summed E-state index contributed by atoms with van der Waals surface area (Å²) in [5.41, 5.74) is 5.90. The highest BCUT2D eigenvalue weighted by molar-refractivity contribution is 7.56. The van der Waals surface area contributed by atoms with E-state index in [1.54, 1.807) is 0 Å². The van der Waals surface area contributed by atoms with Gasteiger partial charge >= 0.3 is 0 Å². The smallest absolute Gasteiger partial charge is 0.0339 e. The summed E-state index contributed by atoms with van der Waals surface area (Å²) in [6.07, 6.45) is 0. The summed E-state index contributed by atoms with van der Waals surface area (Å²) in [4.78, 5) is 0. The summed E-state index contributed by atoms with van der Waals surface area (Å²) in [6.45, 7) is 0. The van der Waals surface area contributed by atoms with E-state index >= 15 is 0 Å². The molecule has 0 bridgehead atoms. The summed E-state index contributed by atoms with van der Waals surface area (Å²) in [5.74, 6) is 0. The van der Waals surface area contributed by atoms with Gasteiger partial charge in [-0.25, -0.2) is 0 Å². The lowest BCUT2D eigenvalue weighted by atomic mass is 12.6. The average molecular weight is 89.1 g/mol. The van der Waals surface area contributed by atoms with Gasteiger partial charge in [0.15, 0.2) is 0 Å². The third-order valence-electron chi connectivity index (χ3n) is 0.0812. The quantitative estimate of drug-likeness (QED) is 0.289. The second-order valence-electron chi connectivity index (χ2n) is 0.271. The molecule has 0 aliphatic heterocycles. The first-order chi connectivity index (χ1) is 2.41. The lowest BCUT2D eigenvalue weighted by Crippen LogP contribution is -1.33. The van der Waals surface area contributed by atoms with Crippen LogP contribution in [0, 0.1) is 5.53 Å². The summed E-state index contributed by atoms with van der Waals surface area (Å²) in [6, 6.07) is 0. The van der Waals surface area contributed by atoms with Gasteiger partial charge in [0.25, 0.3) is 0 Å². The van der Waals surface area contributed by atoms with E-state index in [1.165, 1.54) is 0 Å². The van der Waals surface area contributed by atoms with Gasteiger partial charge in [0.05, 0.1) is 0 Å². The van der Waals surface area contributed by atoms with Crippen molar-refractivity contribution >= 4 is 12.8 Å². The van der Waals surface area contributed by atoms with E-state index in [0.717, 1.165) is 0 Å². The largest absolute Gasteiger partial charge is 0.644 e. The van der Waals surface area contributed by atoms with Crippen molar-refractivity contribution in [1.29, 1.82) is 5.53 Å². The fraction of sp³-hybridized carbons (Fsp3) is 0. The minimum absolute atomic E-state index is 2.46. The van der Waals surface area contributed by atoms with Gasteiger partial charge in [0, 0.05) is 0 Å². The molecule has 0 heterocycles. The van der Waals surface area contributed by atoms with E-state index in [1.807, 2.05) is 0 Å². The zero-order valence-electron chi connectivity index (χ0n) is 2.25. The molecule has 28 valence electrons. The van der Waals surface area contributed by atoms with E-state index in [0.29, 0.717) is 0 Å². The zero-order valence-corrected chi connectivity index (χ0v) is 3.07. The predicted molar refractivity (Wildman–Crippen MR) is 17.4 cm³/mol. The Hall–Kier alpha value is -0.580. The minimum Gasteiger partial charge on any atom is -0.644 e. The molecule has 5 heteroatoms. The molecule has 0 radical (unpaired) electrons. The highest BCUT2D eigenvalue weighted by Crippen LogP contribution is 1.65. The van der Waals surface area contributed by atoms with E-state index < -0.39 is 0 Å². The first-order valence-electron chi connectivity index (χ1n) is 0.806. The Kier molecular flexibility index (Phi) is 3.02. The fourth-order valence-electron chi connectivity index (χ4n) is 0.0183. The minimum atomic E-state index is 2.46. The van der Waals surface area contributed by atoms with Crippen molar-refractivity contribution in [2.75, 3.05) is 0 Å². The van der Waals surface area contributed by atoms with E-state index in [2.05, 4.69) is 27.8 Å². The van der Waals surface area contributed by atoms with Crippen molar-refractivity contribution in [2.24, 2.45) is 15.0 Å². The molecule has 0 amide bonds. The number of rotatable bonds is 1. The van der Waals surface area contributed by atoms with Gasteiger partial charge in [-0.1, -0.05) is 5.22 Å². The van der Waals surface area contributed by atoms with Crippen molar-refractivity contribution in [1.82, 2.24) is 0 Å². The van der Waals surface area contributed by atoms with Gasteiger partial charge in [-0.15, -0.1) is 0 Å². The van der Waals surface area contributed by atoms with Gasteiger partial charge in [0.1, 0.15) is 0 Å². The van der Waals surface area contributed by atoms with Crippen LogP contribution in [0.1, 0.15) is 0 Å². The number of nitrogens with one attached hydrogen (secondary N) is 1. The van der Waals surface area contributed by atoms with Crippen LogP contribution < -0.4 is 0 Å². The van der Waals surface area contributed by atoms with Crippen molar-refractivity contribution < 1.29 is 0 Å². The van der Waals surface area contributed by atoms with Gasteiger partial charge < -0.3 is 17.3 Å². The lowest BCUT2D eigenvalue weighted by Gasteiger charge is -1.74. The van der Waals surface area contributed by atoms with Crippen molar-refractivity contribution in [2.45, 2.75) is 0 Å². The molecule has 0 aromatic carbocycles. The highest BCUT2D eigenvalue weighted by Gasteiger charge is 1.34. The summed E-state index contributed by atoms with van der Waals surface area (Å²) < 4.78 is 2.71. The Bertz CT molecular complexity index is 45.6. The second-order valence-corrected chi connectivity index (χ2v) is 0.434.